The summed E-state index contributed by atoms with van der Waals surface area (Å²) in [6.45, 7) is 3.92. The molecule has 2 aromatic carbocycles. The Bertz CT molecular complexity index is 1110. The molecule has 0 spiro atoms. The number of carbonyl (C=O) groups is 2. The van der Waals surface area contributed by atoms with Crippen molar-refractivity contribution in [3.8, 4) is 0 Å². The number of hydrogen-bond donors (Lipinski definition) is 0. The van der Waals surface area contributed by atoms with Crippen LogP contribution in [0.3, 0.4) is 0 Å². The summed E-state index contributed by atoms with van der Waals surface area (Å²) in [4.78, 5) is 31.6. The molecule has 0 saturated heterocycles. The minimum Gasteiger partial charge on any atom is -0.466 e. The molecule has 0 fully saturated rings. The molecule has 1 atom stereocenters. The van der Waals surface area contributed by atoms with E-state index in [1.165, 1.54) is 18.9 Å². The van der Waals surface area contributed by atoms with Gasteiger partial charge in [0.2, 0.25) is 0 Å². The molecule has 154 valence electrons. The SMILES string of the molecule is CCOC(=O)CC1=CSC2=NC(C)=C(C(=O)OC)C(c3cccc4ccccc34)N12. The van der Waals surface area contributed by atoms with Gasteiger partial charge in [0.15, 0.2) is 5.17 Å². The first kappa shape index (κ1) is 20.2. The van der Waals surface area contributed by atoms with Crippen LogP contribution in [0.25, 0.3) is 10.8 Å². The van der Waals surface area contributed by atoms with E-state index in [2.05, 4.69) is 4.99 Å². The van der Waals surface area contributed by atoms with Crippen molar-refractivity contribution in [2.75, 3.05) is 13.7 Å². The molecule has 0 saturated carbocycles. The van der Waals surface area contributed by atoms with Crippen LogP contribution in [0, 0.1) is 0 Å². The van der Waals surface area contributed by atoms with Gasteiger partial charge in [0.1, 0.15) is 0 Å². The minimum atomic E-state index is -0.452. The van der Waals surface area contributed by atoms with E-state index < -0.39 is 12.0 Å². The largest absolute Gasteiger partial charge is 0.466 e. The van der Waals surface area contributed by atoms with Gasteiger partial charge in [-0.1, -0.05) is 54.2 Å². The standard InChI is InChI=1S/C23H22N2O4S/c1-4-29-19(26)12-16-13-30-23-24-14(2)20(22(27)28-3)21(25(16)23)18-11-7-9-15-8-5-6-10-17(15)18/h5-11,13,21H,4,12H2,1-3H3. The first-order chi connectivity index (χ1) is 14.5. The van der Waals surface area contributed by atoms with Crippen LogP contribution in [0.5, 0.6) is 0 Å². The Morgan fingerprint density at radius 1 is 1.17 bits per heavy atom. The van der Waals surface area contributed by atoms with Crippen molar-refractivity contribution in [3.63, 3.8) is 0 Å². The predicted octanol–water partition coefficient (Wildman–Crippen LogP) is 4.54. The average molecular weight is 423 g/mol. The number of carbonyl (C=O) groups excluding carboxylic acids is 2. The Labute approximate surface area is 179 Å². The molecule has 4 rings (SSSR count). The Balaban J connectivity index is 1.88. The van der Waals surface area contributed by atoms with Crippen molar-refractivity contribution >= 4 is 39.6 Å². The van der Waals surface area contributed by atoms with Gasteiger partial charge in [-0.2, -0.15) is 0 Å². The molecule has 0 amide bonds. The number of ether oxygens (including phenoxy) is 2. The van der Waals surface area contributed by atoms with Crippen LogP contribution in [0.4, 0.5) is 0 Å². The van der Waals surface area contributed by atoms with Crippen LogP contribution in [-0.2, 0) is 19.1 Å². The van der Waals surface area contributed by atoms with E-state index in [9.17, 15) is 9.59 Å². The molecular weight excluding hydrogens is 400 g/mol. The Morgan fingerprint density at radius 2 is 1.93 bits per heavy atom. The van der Waals surface area contributed by atoms with Crippen molar-refractivity contribution in [2.45, 2.75) is 26.3 Å². The summed E-state index contributed by atoms with van der Waals surface area (Å²) in [6.07, 6.45) is 0.106. The number of thioether (sulfide) groups is 1. The number of esters is 2. The molecule has 0 bridgehead atoms. The number of methoxy groups -OCH3 is 1. The first-order valence-corrected chi connectivity index (χ1v) is 10.6. The van der Waals surface area contributed by atoms with Crippen molar-refractivity contribution in [1.29, 1.82) is 0 Å². The lowest BCUT2D eigenvalue weighted by Crippen LogP contribution is -2.37. The Hall–Kier alpha value is -3.06. The fraction of sp³-hybridized carbons (Fsp3) is 0.261. The minimum absolute atomic E-state index is 0.106. The van der Waals surface area contributed by atoms with E-state index in [1.807, 2.05) is 59.7 Å². The number of rotatable bonds is 5. The topological polar surface area (TPSA) is 68.2 Å². The monoisotopic (exact) mass is 422 g/mol. The summed E-state index contributed by atoms with van der Waals surface area (Å²) >= 11 is 1.44. The molecular formula is C23H22N2O4S. The van der Waals surface area contributed by atoms with Gasteiger partial charge in [-0.15, -0.1) is 0 Å². The second kappa shape index (κ2) is 8.36. The highest BCUT2D eigenvalue weighted by Crippen LogP contribution is 2.46. The van der Waals surface area contributed by atoms with E-state index in [1.54, 1.807) is 6.92 Å². The fourth-order valence-electron chi connectivity index (χ4n) is 3.88. The summed E-state index contributed by atoms with van der Waals surface area (Å²) in [5.74, 6) is -0.742. The number of amidine groups is 1. The highest BCUT2D eigenvalue weighted by atomic mass is 32.2. The van der Waals surface area contributed by atoms with E-state index in [-0.39, 0.29) is 12.4 Å². The fourth-order valence-corrected chi connectivity index (χ4v) is 4.85. The lowest BCUT2D eigenvalue weighted by molar-refractivity contribution is -0.142. The summed E-state index contributed by atoms with van der Waals surface area (Å²) in [5.41, 5.74) is 2.79. The zero-order valence-electron chi connectivity index (χ0n) is 17.0. The maximum Gasteiger partial charge on any atom is 0.338 e. The average Bonchev–Trinajstić information content (AvgIpc) is 3.14. The Morgan fingerprint density at radius 3 is 2.70 bits per heavy atom. The Kier molecular flexibility index (Phi) is 5.63. The second-order valence-corrected chi connectivity index (χ2v) is 7.77. The van der Waals surface area contributed by atoms with E-state index in [0.717, 1.165) is 27.2 Å². The number of nitrogens with zero attached hydrogens (tertiary/aromatic N) is 2. The van der Waals surface area contributed by atoms with Gasteiger partial charge in [-0.25, -0.2) is 9.79 Å². The number of fused-ring (bicyclic) bond motifs is 2. The van der Waals surface area contributed by atoms with Gasteiger partial charge in [-0.05, 0) is 35.6 Å². The van der Waals surface area contributed by atoms with Gasteiger partial charge >= 0.3 is 11.9 Å². The predicted molar refractivity (Wildman–Crippen MR) is 118 cm³/mol. The quantitative estimate of drug-likeness (QED) is 0.659. The van der Waals surface area contributed by atoms with E-state index in [0.29, 0.717) is 17.9 Å². The molecule has 7 heteroatoms. The molecule has 1 unspecified atom stereocenters. The highest BCUT2D eigenvalue weighted by molar-refractivity contribution is 8.16. The van der Waals surface area contributed by atoms with Gasteiger partial charge < -0.3 is 14.4 Å². The number of aliphatic imine (C=N–C) groups is 1. The molecule has 0 aromatic heterocycles. The smallest absolute Gasteiger partial charge is 0.338 e. The third kappa shape index (κ3) is 3.50. The van der Waals surface area contributed by atoms with Crippen molar-refractivity contribution < 1.29 is 19.1 Å². The maximum absolute atomic E-state index is 12.8. The van der Waals surface area contributed by atoms with Crippen LogP contribution in [-0.4, -0.2) is 35.7 Å². The zero-order chi connectivity index (χ0) is 21.3. The lowest BCUT2D eigenvalue weighted by atomic mass is 9.90. The normalized spacial score (nSPS) is 18.1. The number of benzene rings is 2. The summed E-state index contributed by atoms with van der Waals surface area (Å²) in [6, 6.07) is 13.6. The molecule has 0 N–H and O–H groups in total. The van der Waals surface area contributed by atoms with Crippen LogP contribution < -0.4 is 0 Å². The molecule has 0 aliphatic carbocycles. The highest BCUT2D eigenvalue weighted by Gasteiger charge is 2.41. The van der Waals surface area contributed by atoms with Crippen LogP contribution in [0.2, 0.25) is 0 Å². The third-order valence-electron chi connectivity index (χ3n) is 5.15. The van der Waals surface area contributed by atoms with Gasteiger partial charge in [0.25, 0.3) is 0 Å². The van der Waals surface area contributed by atoms with Crippen LogP contribution in [0.15, 0.2) is 69.8 Å². The van der Waals surface area contributed by atoms with Crippen molar-refractivity contribution in [3.05, 3.63) is 70.4 Å². The van der Waals surface area contributed by atoms with Crippen LogP contribution >= 0.6 is 11.8 Å². The van der Waals surface area contributed by atoms with Gasteiger partial charge in [-0.3, -0.25) is 4.79 Å². The molecule has 30 heavy (non-hydrogen) atoms. The van der Waals surface area contributed by atoms with Gasteiger partial charge in [0, 0.05) is 5.70 Å². The first-order valence-electron chi connectivity index (χ1n) is 9.71. The molecule has 2 aliphatic rings. The third-order valence-corrected chi connectivity index (χ3v) is 6.04. The van der Waals surface area contributed by atoms with Crippen LogP contribution in [0.1, 0.15) is 31.9 Å². The van der Waals surface area contributed by atoms with E-state index >= 15 is 0 Å². The van der Waals surface area contributed by atoms with Crippen molar-refractivity contribution in [2.24, 2.45) is 4.99 Å². The molecule has 6 nitrogen and oxygen atoms in total. The number of hydrogen-bond acceptors (Lipinski definition) is 7. The number of allylic oxidation sites excluding steroid dienone is 1. The molecule has 0 radical (unpaired) electrons. The van der Waals surface area contributed by atoms with E-state index in [4.69, 9.17) is 9.47 Å². The van der Waals surface area contributed by atoms with Crippen molar-refractivity contribution in [1.82, 2.24) is 4.90 Å². The summed E-state index contributed by atoms with van der Waals surface area (Å²) in [5, 5.41) is 4.75. The molecule has 2 heterocycles. The lowest BCUT2D eigenvalue weighted by Gasteiger charge is -2.36. The summed E-state index contributed by atoms with van der Waals surface area (Å²) < 4.78 is 10.3. The molecule has 2 aromatic rings. The van der Waals surface area contributed by atoms with Gasteiger partial charge in [0.05, 0.1) is 37.4 Å². The second-order valence-electron chi connectivity index (χ2n) is 6.93. The maximum atomic E-state index is 12.8. The molecule has 2 aliphatic heterocycles. The zero-order valence-corrected chi connectivity index (χ0v) is 17.9. The summed E-state index contributed by atoms with van der Waals surface area (Å²) in [7, 11) is 1.37.